The van der Waals surface area contributed by atoms with Gasteiger partial charge in [0.25, 0.3) is 10.1 Å². The molecule has 0 aliphatic heterocycles. The van der Waals surface area contributed by atoms with Crippen LogP contribution in [0.4, 0.5) is 0 Å². The Hall–Kier alpha value is -2.92. The van der Waals surface area contributed by atoms with Crippen LogP contribution >= 0.6 is 0 Å². The van der Waals surface area contributed by atoms with Crippen molar-refractivity contribution in [1.82, 2.24) is 0 Å². The summed E-state index contributed by atoms with van der Waals surface area (Å²) in [5.41, 5.74) is -0.146. The van der Waals surface area contributed by atoms with Crippen molar-refractivity contribution in [2.24, 2.45) is 5.41 Å². The van der Waals surface area contributed by atoms with E-state index in [4.69, 9.17) is 4.18 Å². The maximum Gasteiger partial charge on any atom is 0.297 e. The second-order valence-electron chi connectivity index (χ2n) is 9.11. The van der Waals surface area contributed by atoms with Gasteiger partial charge in [-0.1, -0.05) is 85.7 Å². The van der Waals surface area contributed by atoms with Gasteiger partial charge in [0.1, 0.15) is 0 Å². The Balaban J connectivity index is 1.73. The van der Waals surface area contributed by atoms with Crippen molar-refractivity contribution in [3.05, 3.63) is 96.6 Å². The zero-order valence-electron chi connectivity index (χ0n) is 20.0. The molecule has 0 heterocycles. The van der Waals surface area contributed by atoms with E-state index >= 15 is 0 Å². The quantitative estimate of drug-likeness (QED) is 0.228. The fourth-order valence-electron chi connectivity index (χ4n) is 4.59. The minimum Gasteiger partial charge on any atom is -0.261 e. The van der Waals surface area contributed by atoms with Crippen LogP contribution in [0.15, 0.2) is 101 Å². The van der Waals surface area contributed by atoms with Crippen LogP contribution in [0.3, 0.4) is 0 Å². The maximum absolute atomic E-state index is 13.2. The summed E-state index contributed by atoms with van der Waals surface area (Å²) in [5.74, 6) is 6.38. The molecular formula is C29H30O5S2. The molecule has 0 spiro atoms. The van der Waals surface area contributed by atoms with E-state index in [9.17, 15) is 16.8 Å². The van der Waals surface area contributed by atoms with Gasteiger partial charge in [-0.15, -0.1) is 0 Å². The van der Waals surface area contributed by atoms with Crippen molar-refractivity contribution < 1.29 is 21.0 Å². The number of hydrogen-bond donors (Lipinski definition) is 0. The highest BCUT2D eigenvalue weighted by atomic mass is 32.2. The number of rotatable bonds is 7. The Morgan fingerprint density at radius 2 is 1.33 bits per heavy atom. The van der Waals surface area contributed by atoms with Gasteiger partial charge in [-0.2, -0.15) is 8.42 Å². The van der Waals surface area contributed by atoms with Crippen LogP contribution in [0.5, 0.6) is 0 Å². The standard InChI is InChI=1S/C29H30O5S2/c30-35(31,26-15-7-2-8-16-26)24-23-29(22-20-25-13-5-1-6-14-25)21-12-4-11-19-28(29)34-36(32,33)27-17-9-3-10-18-27/h1-3,5-10,13-18,28H,4,11-12,19,21,23-24H2/t28-,29-/m0/s1. The number of hydrogen-bond acceptors (Lipinski definition) is 5. The molecule has 1 saturated carbocycles. The third-order valence-electron chi connectivity index (χ3n) is 6.63. The SMILES string of the molecule is O=S(=O)(CC[C@@]1(C#Cc2ccccc2)CCCCC[C@@H]1OS(=O)(=O)c1ccccc1)c1ccccc1. The lowest BCUT2D eigenvalue weighted by molar-refractivity contribution is 0.0851. The molecule has 0 N–H and O–H groups in total. The smallest absolute Gasteiger partial charge is 0.261 e. The largest absolute Gasteiger partial charge is 0.297 e. The summed E-state index contributed by atoms with van der Waals surface area (Å²) in [5, 5.41) is 0. The van der Waals surface area contributed by atoms with E-state index in [2.05, 4.69) is 11.8 Å². The van der Waals surface area contributed by atoms with Crippen LogP contribution in [-0.2, 0) is 24.1 Å². The summed E-state index contributed by atoms with van der Waals surface area (Å²) in [6, 6.07) is 25.8. The van der Waals surface area contributed by atoms with E-state index in [1.54, 1.807) is 48.5 Å². The van der Waals surface area contributed by atoms with Crippen molar-refractivity contribution in [3.8, 4) is 11.8 Å². The van der Waals surface area contributed by atoms with Crippen LogP contribution in [0.2, 0.25) is 0 Å². The van der Waals surface area contributed by atoms with Gasteiger partial charge in [-0.25, -0.2) is 8.42 Å². The molecule has 0 aromatic heterocycles. The van der Waals surface area contributed by atoms with Crippen LogP contribution in [0, 0.1) is 17.3 Å². The summed E-state index contributed by atoms with van der Waals surface area (Å²) in [6.45, 7) is 0. The number of benzene rings is 3. The first-order valence-corrected chi connectivity index (χ1v) is 15.2. The lowest BCUT2D eigenvalue weighted by Crippen LogP contribution is -2.38. The van der Waals surface area contributed by atoms with Gasteiger partial charge in [0.15, 0.2) is 9.84 Å². The van der Waals surface area contributed by atoms with Gasteiger partial charge in [0.2, 0.25) is 0 Å². The predicted molar refractivity (Wildman–Crippen MR) is 140 cm³/mol. The molecule has 4 rings (SSSR count). The molecule has 3 aromatic rings. The first-order valence-electron chi connectivity index (χ1n) is 12.2. The summed E-state index contributed by atoms with van der Waals surface area (Å²) in [7, 11) is -7.64. The predicted octanol–water partition coefficient (Wildman–Crippen LogP) is 5.63. The molecule has 0 radical (unpaired) electrons. The van der Waals surface area contributed by atoms with Gasteiger partial charge >= 0.3 is 0 Å². The van der Waals surface area contributed by atoms with Gasteiger partial charge in [0.05, 0.1) is 27.1 Å². The normalized spacial score (nSPS) is 20.6. The average Bonchev–Trinajstić information content (AvgIpc) is 3.10. The Morgan fingerprint density at radius 1 is 0.750 bits per heavy atom. The van der Waals surface area contributed by atoms with E-state index in [0.717, 1.165) is 24.8 Å². The Bertz CT molecular complexity index is 1410. The highest BCUT2D eigenvalue weighted by Crippen LogP contribution is 2.42. The molecule has 1 fully saturated rings. The van der Waals surface area contributed by atoms with E-state index in [0.29, 0.717) is 12.8 Å². The van der Waals surface area contributed by atoms with Crippen molar-refractivity contribution in [3.63, 3.8) is 0 Å². The highest BCUT2D eigenvalue weighted by Gasteiger charge is 2.43. The molecule has 2 atom stereocenters. The molecule has 5 nitrogen and oxygen atoms in total. The summed E-state index contributed by atoms with van der Waals surface area (Å²) in [6.07, 6.45) is 2.99. The molecule has 188 valence electrons. The van der Waals surface area contributed by atoms with Crippen LogP contribution < -0.4 is 0 Å². The molecule has 0 saturated heterocycles. The van der Waals surface area contributed by atoms with Crippen molar-refractivity contribution in [2.75, 3.05) is 5.75 Å². The maximum atomic E-state index is 13.2. The molecule has 7 heteroatoms. The molecule has 0 bridgehead atoms. The van der Waals surface area contributed by atoms with Gasteiger partial charge in [0, 0.05) is 5.56 Å². The molecule has 36 heavy (non-hydrogen) atoms. The summed E-state index contributed by atoms with van der Waals surface area (Å²) < 4.78 is 58.7. The topological polar surface area (TPSA) is 77.5 Å². The zero-order chi connectivity index (χ0) is 25.5. The van der Waals surface area contributed by atoms with Crippen LogP contribution in [0.1, 0.15) is 44.1 Å². The van der Waals surface area contributed by atoms with Crippen LogP contribution in [0.25, 0.3) is 0 Å². The third-order valence-corrected chi connectivity index (χ3v) is 9.70. The first-order chi connectivity index (χ1) is 17.3. The minimum atomic E-state index is -4.05. The monoisotopic (exact) mass is 522 g/mol. The van der Waals surface area contributed by atoms with E-state index in [1.807, 2.05) is 30.3 Å². The Kier molecular flexibility index (Phi) is 8.30. The molecule has 1 aliphatic carbocycles. The average molecular weight is 523 g/mol. The van der Waals surface area contributed by atoms with Crippen LogP contribution in [-0.4, -0.2) is 28.7 Å². The van der Waals surface area contributed by atoms with E-state index < -0.39 is 31.5 Å². The van der Waals surface area contributed by atoms with E-state index in [-0.39, 0.29) is 22.0 Å². The van der Waals surface area contributed by atoms with Crippen molar-refractivity contribution in [1.29, 1.82) is 0 Å². The molecule has 1 aliphatic rings. The Labute approximate surface area is 214 Å². The van der Waals surface area contributed by atoms with Gasteiger partial charge in [-0.05, 0) is 55.7 Å². The van der Waals surface area contributed by atoms with Gasteiger partial charge in [-0.3, -0.25) is 4.18 Å². The third kappa shape index (κ3) is 6.44. The second kappa shape index (κ2) is 11.4. The second-order valence-corrected chi connectivity index (χ2v) is 12.8. The molecule has 3 aromatic carbocycles. The fraction of sp³-hybridized carbons (Fsp3) is 0.310. The summed E-state index contributed by atoms with van der Waals surface area (Å²) in [4.78, 5) is 0.329. The molecule has 0 unspecified atom stereocenters. The minimum absolute atomic E-state index is 0.0797. The van der Waals surface area contributed by atoms with E-state index in [1.165, 1.54) is 12.1 Å². The lowest BCUT2D eigenvalue weighted by Gasteiger charge is -2.35. The fourth-order valence-corrected chi connectivity index (χ4v) is 7.22. The molecular weight excluding hydrogens is 492 g/mol. The summed E-state index contributed by atoms with van der Waals surface area (Å²) >= 11 is 0. The van der Waals surface area contributed by atoms with Crippen molar-refractivity contribution in [2.45, 2.75) is 54.4 Å². The van der Waals surface area contributed by atoms with Gasteiger partial charge < -0.3 is 0 Å². The first kappa shape index (κ1) is 26.2. The number of sulfone groups is 1. The zero-order valence-corrected chi connectivity index (χ0v) is 21.7. The lowest BCUT2D eigenvalue weighted by atomic mass is 9.76. The van der Waals surface area contributed by atoms with Crippen molar-refractivity contribution >= 4 is 20.0 Å². The molecule has 0 amide bonds. The highest BCUT2D eigenvalue weighted by molar-refractivity contribution is 7.91. The Morgan fingerprint density at radius 3 is 1.97 bits per heavy atom.